The largest absolute Gasteiger partial charge is 0.480 e. The van der Waals surface area contributed by atoms with Gasteiger partial charge in [0.25, 0.3) is 11.7 Å². The number of fused-ring (bicyclic) bond motifs is 1. The second kappa shape index (κ2) is 14.9. The monoisotopic (exact) mass is 581 g/mol. The van der Waals surface area contributed by atoms with Crippen LogP contribution in [0.4, 0.5) is 0 Å². The number of carboxylic acid groups (broad SMARTS) is 1. The third-order valence-corrected chi connectivity index (χ3v) is 8.59. The molecule has 0 aliphatic heterocycles. The number of amides is 3. The van der Waals surface area contributed by atoms with E-state index in [1.165, 1.54) is 6.20 Å². The van der Waals surface area contributed by atoms with Crippen LogP contribution in [0.1, 0.15) is 87.4 Å². The summed E-state index contributed by atoms with van der Waals surface area (Å²) in [6.45, 7) is -0.354. The minimum absolute atomic E-state index is 0.0277. The predicted molar refractivity (Wildman–Crippen MR) is 158 cm³/mol. The molecule has 2 saturated carbocycles. The Morgan fingerprint density at radius 1 is 0.976 bits per heavy atom. The molecule has 2 aliphatic carbocycles. The molecule has 1 heterocycles. The lowest BCUT2D eigenvalue weighted by molar-refractivity contribution is -0.145. The second-order valence-electron chi connectivity index (χ2n) is 11.6. The Balaban J connectivity index is 1.67. The topological polar surface area (TPSA) is 175 Å². The molecule has 42 heavy (non-hydrogen) atoms. The molecule has 1 unspecified atom stereocenters. The van der Waals surface area contributed by atoms with Crippen molar-refractivity contribution in [2.24, 2.45) is 11.7 Å². The fourth-order valence-corrected chi connectivity index (χ4v) is 6.37. The highest BCUT2D eigenvalue weighted by Crippen LogP contribution is 2.31. The van der Waals surface area contributed by atoms with Crippen LogP contribution in [0, 0.1) is 5.92 Å². The highest BCUT2D eigenvalue weighted by molar-refractivity contribution is 6.45. The van der Waals surface area contributed by atoms with Gasteiger partial charge in [-0.15, -0.1) is 0 Å². The van der Waals surface area contributed by atoms with Gasteiger partial charge in [-0.3, -0.25) is 19.2 Å². The summed E-state index contributed by atoms with van der Waals surface area (Å²) in [7, 11) is 0. The van der Waals surface area contributed by atoms with Crippen LogP contribution in [-0.2, 0) is 19.2 Å². The zero-order valence-electron chi connectivity index (χ0n) is 24.1. The van der Waals surface area contributed by atoms with E-state index in [0.29, 0.717) is 30.2 Å². The number of aromatic nitrogens is 1. The summed E-state index contributed by atoms with van der Waals surface area (Å²) in [6.07, 6.45) is 10.9. The molecule has 2 aromatic rings. The molecule has 2 fully saturated rings. The number of benzene rings is 1. The van der Waals surface area contributed by atoms with E-state index >= 15 is 0 Å². The van der Waals surface area contributed by atoms with Gasteiger partial charge in [-0.25, -0.2) is 4.79 Å². The molecule has 0 radical (unpaired) electrons. The lowest BCUT2D eigenvalue weighted by Gasteiger charge is -2.38. The molecule has 6 N–H and O–H groups in total. The van der Waals surface area contributed by atoms with Crippen LogP contribution >= 0.6 is 0 Å². The van der Waals surface area contributed by atoms with Gasteiger partial charge in [0.05, 0.1) is 5.56 Å². The smallest absolute Gasteiger partial charge is 0.326 e. The molecule has 228 valence electrons. The lowest BCUT2D eigenvalue weighted by Crippen LogP contribution is -2.59. The summed E-state index contributed by atoms with van der Waals surface area (Å²) in [6, 6.07) is 4.82. The first-order valence-electron chi connectivity index (χ1n) is 15.2. The molecule has 1 aromatic carbocycles. The van der Waals surface area contributed by atoms with Crippen molar-refractivity contribution in [2.75, 3.05) is 13.1 Å². The van der Waals surface area contributed by atoms with Gasteiger partial charge in [0.2, 0.25) is 11.8 Å². The Kier molecular flexibility index (Phi) is 11.1. The maximum Gasteiger partial charge on any atom is 0.326 e. The zero-order chi connectivity index (χ0) is 30.1. The van der Waals surface area contributed by atoms with Crippen LogP contribution in [0.15, 0.2) is 30.5 Å². The summed E-state index contributed by atoms with van der Waals surface area (Å²) < 4.78 is 0. The maximum atomic E-state index is 14.1. The third kappa shape index (κ3) is 7.76. The van der Waals surface area contributed by atoms with Gasteiger partial charge in [-0.05, 0) is 57.1 Å². The summed E-state index contributed by atoms with van der Waals surface area (Å²) >= 11 is 0. The Bertz CT molecular complexity index is 1260. The molecule has 2 atom stereocenters. The van der Waals surface area contributed by atoms with Crippen LogP contribution in [0.3, 0.4) is 0 Å². The van der Waals surface area contributed by atoms with Crippen LogP contribution in [0.5, 0.6) is 0 Å². The van der Waals surface area contributed by atoms with E-state index in [1.807, 2.05) is 6.07 Å². The summed E-state index contributed by atoms with van der Waals surface area (Å²) in [4.78, 5) is 71.0. The maximum absolute atomic E-state index is 14.1. The number of nitrogens with one attached hydrogen (secondary N) is 3. The number of nitrogens with two attached hydrogens (primary N) is 1. The Labute approximate surface area is 246 Å². The van der Waals surface area contributed by atoms with E-state index in [4.69, 9.17) is 5.73 Å². The average Bonchev–Trinajstić information content (AvgIpc) is 3.43. The molecule has 4 rings (SSSR count). The second-order valence-corrected chi connectivity index (χ2v) is 11.6. The number of carbonyl (C=O) groups is 5. The number of rotatable bonds is 13. The van der Waals surface area contributed by atoms with Crippen molar-refractivity contribution in [3.8, 4) is 0 Å². The van der Waals surface area contributed by atoms with Crippen molar-refractivity contribution in [3.63, 3.8) is 0 Å². The number of carboxylic acids is 1. The quantitative estimate of drug-likeness (QED) is 0.178. The van der Waals surface area contributed by atoms with Gasteiger partial charge >= 0.3 is 5.97 Å². The number of carbonyl (C=O) groups excluding carboxylic acids is 4. The highest BCUT2D eigenvalue weighted by atomic mass is 16.4. The van der Waals surface area contributed by atoms with Crippen LogP contribution in [-0.4, -0.2) is 75.7 Å². The molecular formula is C31H43N5O6. The summed E-state index contributed by atoms with van der Waals surface area (Å²) in [5.74, 6) is -4.35. The first-order valence-corrected chi connectivity index (χ1v) is 15.2. The first kappa shape index (κ1) is 31.2. The van der Waals surface area contributed by atoms with Gasteiger partial charge in [0.1, 0.15) is 18.6 Å². The SMILES string of the molecule is NCCC[C@H](NC(=O)CN(C(=O)C(=O)c1c[nH]c2ccccc12)C(C(=O)NC1CCCCC1)C1CCCCC1)C(=O)O. The third-order valence-electron chi connectivity index (χ3n) is 8.59. The first-order chi connectivity index (χ1) is 20.3. The van der Waals surface area contributed by atoms with Gasteiger partial charge in [-0.1, -0.05) is 56.7 Å². The van der Waals surface area contributed by atoms with Crippen molar-refractivity contribution < 1.29 is 29.1 Å². The number of H-pyrrole nitrogens is 1. The van der Waals surface area contributed by atoms with Gasteiger partial charge in [-0.2, -0.15) is 0 Å². The Morgan fingerprint density at radius 2 is 1.64 bits per heavy atom. The number of aromatic amines is 1. The number of nitrogens with zero attached hydrogens (tertiary/aromatic N) is 1. The Morgan fingerprint density at radius 3 is 2.31 bits per heavy atom. The predicted octanol–water partition coefficient (Wildman–Crippen LogP) is 2.89. The zero-order valence-corrected chi connectivity index (χ0v) is 24.1. The minimum Gasteiger partial charge on any atom is -0.480 e. The van der Waals surface area contributed by atoms with Crippen molar-refractivity contribution >= 4 is 40.4 Å². The number of aliphatic carboxylic acids is 1. The lowest BCUT2D eigenvalue weighted by atomic mass is 9.82. The van der Waals surface area contributed by atoms with Crippen LogP contribution < -0.4 is 16.4 Å². The van der Waals surface area contributed by atoms with Gasteiger partial charge in [0.15, 0.2) is 0 Å². The number of Topliss-reactive ketones (excluding diaryl/α,β-unsaturated/α-hetero) is 1. The van der Waals surface area contributed by atoms with E-state index in [-0.39, 0.29) is 36.4 Å². The van der Waals surface area contributed by atoms with Crippen molar-refractivity contribution in [1.82, 2.24) is 20.5 Å². The molecule has 2 aliphatic rings. The van der Waals surface area contributed by atoms with E-state index in [1.54, 1.807) is 18.2 Å². The van der Waals surface area contributed by atoms with Crippen molar-refractivity contribution in [1.29, 1.82) is 0 Å². The summed E-state index contributed by atoms with van der Waals surface area (Å²) in [5, 5.41) is 15.8. The van der Waals surface area contributed by atoms with Crippen LogP contribution in [0.2, 0.25) is 0 Å². The number of hydrogen-bond acceptors (Lipinski definition) is 6. The van der Waals surface area contributed by atoms with E-state index in [9.17, 15) is 29.1 Å². The van der Waals surface area contributed by atoms with Crippen molar-refractivity contribution in [3.05, 3.63) is 36.0 Å². The normalized spacial score (nSPS) is 17.7. The highest BCUT2D eigenvalue weighted by Gasteiger charge is 2.41. The molecule has 11 heteroatoms. The molecule has 0 bridgehead atoms. The number of hydrogen-bond donors (Lipinski definition) is 5. The molecule has 11 nitrogen and oxygen atoms in total. The molecule has 0 saturated heterocycles. The van der Waals surface area contributed by atoms with Gasteiger partial charge < -0.3 is 31.4 Å². The molecule has 1 aromatic heterocycles. The fraction of sp³-hybridized carbons (Fsp3) is 0.581. The fourth-order valence-electron chi connectivity index (χ4n) is 6.37. The Hall–Kier alpha value is -3.73. The average molecular weight is 582 g/mol. The molecular weight excluding hydrogens is 538 g/mol. The minimum atomic E-state index is -1.22. The number of para-hydroxylation sites is 1. The van der Waals surface area contributed by atoms with Gasteiger partial charge in [0, 0.05) is 23.1 Å². The van der Waals surface area contributed by atoms with Crippen molar-refractivity contribution in [2.45, 2.75) is 95.2 Å². The summed E-state index contributed by atoms with van der Waals surface area (Å²) in [5.41, 5.74) is 6.37. The molecule has 0 spiro atoms. The van der Waals surface area contributed by atoms with E-state index in [0.717, 1.165) is 56.3 Å². The van der Waals surface area contributed by atoms with E-state index < -0.39 is 42.2 Å². The van der Waals surface area contributed by atoms with Crippen LogP contribution in [0.25, 0.3) is 10.9 Å². The molecule has 3 amide bonds. The van der Waals surface area contributed by atoms with E-state index in [2.05, 4.69) is 15.6 Å². The standard InChI is InChI=1S/C31H43N5O6/c32-17-9-16-25(31(41)42)35-26(37)19-36(30(40)28(38)23-18-33-24-15-8-7-14-22(23)24)27(20-10-3-1-4-11-20)29(39)34-21-12-5-2-6-13-21/h7-8,14-15,18,20-21,25,27,33H,1-6,9-13,16-17,19,32H2,(H,34,39)(H,35,37)(H,41,42)/t25-,27?/m0/s1. The number of ketones is 1.